The molecule has 1 aromatic rings. The van der Waals surface area contributed by atoms with Gasteiger partial charge in [-0.25, -0.2) is 9.78 Å². The van der Waals surface area contributed by atoms with Crippen LogP contribution in [0.2, 0.25) is 0 Å². The molecule has 20 heavy (non-hydrogen) atoms. The molecular formula is C13H17N3O3S. The molecule has 1 N–H and O–H groups in total. The van der Waals surface area contributed by atoms with Crippen molar-refractivity contribution in [3.05, 3.63) is 16.1 Å². The number of rotatable bonds is 4. The zero-order valence-electron chi connectivity index (χ0n) is 11.7. The third-order valence-electron chi connectivity index (χ3n) is 3.26. The van der Waals surface area contributed by atoms with E-state index in [2.05, 4.69) is 10.3 Å². The van der Waals surface area contributed by atoms with Gasteiger partial charge in [0, 0.05) is 11.1 Å². The van der Waals surface area contributed by atoms with Crippen molar-refractivity contribution in [1.29, 1.82) is 0 Å². The summed E-state index contributed by atoms with van der Waals surface area (Å²) < 4.78 is 0. The summed E-state index contributed by atoms with van der Waals surface area (Å²) in [5.74, 6) is -1.71. The van der Waals surface area contributed by atoms with Gasteiger partial charge in [0.1, 0.15) is 10.9 Å². The predicted molar refractivity (Wildman–Crippen MR) is 74.0 cm³/mol. The molecule has 7 heteroatoms. The standard InChI is InChI=1S/C13H17N3O3S/c1-4-5-9-10(17)15-13(19)16(12(9)18)8(3)11-14-7(2)6-20-11/h6,8-9H,4-5H2,1-3H3,(H,15,17,19). The number of thiazole rings is 1. The minimum Gasteiger partial charge on any atom is -0.277 e. The molecule has 0 aromatic carbocycles. The SMILES string of the molecule is CCCC1C(=O)NC(=O)N(C(C)c2nc(C)cs2)C1=O. The zero-order valence-corrected chi connectivity index (χ0v) is 12.5. The van der Waals surface area contributed by atoms with E-state index in [4.69, 9.17) is 0 Å². The molecule has 1 fully saturated rings. The number of hydrogen-bond acceptors (Lipinski definition) is 5. The Morgan fingerprint density at radius 2 is 2.15 bits per heavy atom. The first-order valence-electron chi connectivity index (χ1n) is 6.55. The lowest BCUT2D eigenvalue weighted by Crippen LogP contribution is -2.58. The Morgan fingerprint density at radius 1 is 1.45 bits per heavy atom. The molecule has 1 aromatic heterocycles. The lowest BCUT2D eigenvalue weighted by atomic mass is 9.98. The van der Waals surface area contributed by atoms with E-state index < -0.39 is 29.8 Å². The maximum Gasteiger partial charge on any atom is 0.331 e. The second-order valence-electron chi connectivity index (χ2n) is 4.85. The smallest absolute Gasteiger partial charge is 0.277 e. The van der Waals surface area contributed by atoms with Crippen LogP contribution in [-0.4, -0.2) is 27.7 Å². The summed E-state index contributed by atoms with van der Waals surface area (Å²) >= 11 is 1.40. The number of nitrogens with zero attached hydrogens (tertiary/aromatic N) is 2. The predicted octanol–water partition coefficient (Wildman–Crippen LogP) is 2.01. The van der Waals surface area contributed by atoms with Crippen molar-refractivity contribution in [3.63, 3.8) is 0 Å². The molecule has 1 aliphatic heterocycles. The van der Waals surface area contributed by atoms with Gasteiger partial charge < -0.3 is 0 Å². The summed E-state index contributed by atoms with van der Waals surface area (Å²) in [6.07, 6.45) is 1.15. The van der Waals surface area contributed by atoms with Gasteiger partial charge in [0.25, 0.3) is 0 Å². The summed E-state index contributed by atoms with van der Waals surface area (Å²) in [5.41, 5.74) is 0.850. The van der Waals surface area contributed by atoms with Crippen molar-refractivity contribution < 1.29 is 14.4 Å². The number of urea groups is 1. The van der Waals surface area contributed by atoms with Gasteiger partial charge in [0.05, 0.1) is 6.04 Å². The topological polar surface area (TPSA) is 79.4 Å². The molecule has 0 saturated carbocycles. The Bertz CT molecular complexity index is 555. The van der Waals surface area contributed by atoms with E-state index in [1.165, 1.54) is 11.3 Å². The Balaban J connectivity index is 2.27. The number of aromatic nitrogens is 1. The largest absolute Gasteiger partial charge is 0.331 e. The molecule has 2 unspecified atom stereocenters. The van der Waals surface area contributed by atoms with Crippen LogP contribution in [0.15, 0.2) is 5.38 Å². The molecule has 4 amide bonds. The van der Waals surface area contributed by atoms with E-state index in [0.29, 0.717) is 17.8 Å². The molecular weight excluding hydrogens is 278 g/mol. The number of imide groups is 2. The molecule has 0 bridgehead atoms. The van der Waals surface area contributed by atoms with Gasteiger partial charge in [-0.05, 0) is 20.3 Å². The Labute approximate surface area is 121 Å². The third-order valence-corrected chi connectivity index (χ3v) is 4.39. The van der Waals surface area contributed by atoms with E-state index in [1.807, 2.05) is 19.2 Å². The van der Waals surface area contributed by atoms with Gasteiger partial charge in [-0.3, -0.25) is 19.8 Å². The molecule has 0 spiro atoms. The molecule has 2 atom stereocenters. The van der Waals surface area contributed by atoms with Gasteiger partial charge in [-0.1, -0.05) is 13.3 Å². The average Bonchev–Trinajstić information content (AvgIpc) is 2.81. The van der Waals surface area contributed by atoms with Crippen molar-refractivity contribution in [2.45, 2.75) is 39.7 Å². The summed E-state index contributed by atoms with van der Waals surface area (Å²) in [5, 5.41) is 4.81. The minimum absolute atomic E-state index is 0.430. The first kappa shape index (κ1) is 14.6. The van der Waals surface area contributed by atoms with Gasteiger partial charge >= 0.3 is 6.03 Å². The Morgan fingerprint density at radius 3 is 2.70 bits per heavy atom. The van der Waals surface area contributed by atoms with E-state index >= 15 is 0 Å². The van der Waals surface area contributed by atoms with Crippen LogP contribution in [0.4, 0.5) is 4.79 Å². The van der Waals surface area contributed by atoms with Crippen molar-refractivity contribution in [1.82, 2.24) is 15.2 Å². The molecule has 108 valence electrons. The molecule has 1 saturated heterocycles. The first-order valence-corrected chi connectivity index (χ1v) is 7.43. The monoisotopic (exact) mass is 295 g/mol. The zero-order chi connectivity index (χ0) is 14.9. The first-order chi connectivity index (χ1) is 9.45. The second-order valence-corrected chi connectivity index (χ2v) is 5.74. The van der Waals surface area contributed by atoms with Crippen LogP contribution in [-0.2, 0) is 9.59 Å². The van der Waals surface area contributed by atoms with Gasteiger partial charge in [-0.2, -0.15) is 0 Å². The van der Waals surface area contributed by atoms with E-state index in [9.17, 15) is 14.4 Å². The fraction of sp³-hybridized carbons (Fsp3) is 0.538. The van der Waals surface area contributed by atoms with Crippen molar-refractivity contribution in [2.24, 2.45) is 5.92 Å². The van der Waals surface area contributed by atoms with Crippen LogP contribution < -0.4 is 5.32 Å². The lowest BCUT2D eigenvalue weighted by molar-refractivity contribution is -0.144. The molecule has 1 aliphatic rings. The normalized spacial score (nSPS) is 21.1. The quantitative estimate of drug-likeness (QED) is 0.862. The number of barbiturate groups is 1. The van der Waals surface area contributed by atoms with Crippen LogP contribution in [0.3, 0.4) is 0 Å². The summed E-state index contributed by atoms with van der Waals surface area (Å²) in [4.78, 5) is 41.5. The second kappa shape index (κ2) is 5.70. The molecule has 0 radical (unpaired) electrons. The molecule has 2 heterocycles. The number of hydrogen-bond donors (Lipinski definition) is 1. The van der Waals surface area contributed by atoms with Gasteiger partial charge in [-0.15, -0.1) is 11.3 Å². The summed E-state index contributed by atoms with van der Waals surface area (Å²) in [6, 6.07) is -1.12. The lowest BCUT2D eigenvalue weighted by Gasteiger charge is -2.33. The van der Waals surface area contributed by atoms with E-state index in [1.54, 1.807) is 6.92 Å². The van der Waals surface area contributed by atoms with Gasteiger partial charge in [0.2, 0.25) is 11.8 Å². The van der Waals surface area contributed by atoms with Crippen LogP contribution in [0.1, 0.15) is 43.4 Å². The van der Waals surface area contributed by atoms with Gasteiger partial charge in [0.15, 0.2) is 0 Å². The van der Waals surface area contributed by atoms with Crippen molar-refractivity contribution >= 4 is 29.2 Å². The highest BCUT2D eigenvalue weighted by Crippen LogP contribution is 2.28. The Kier molecular flexibility index (Phi) is 4.17. The fourth-order valence-corrected chi connectivity index (χ4v) is 3.06. The number of carbonyl (C=O) groups excluding carboxylic acids is 3. The van der Waals surface area contributed by atoms with Crippen LogP contribution in [0.5, 0.6) is 0 Å². The highest BCUT2D eigenvalue weighted by Gasteiger charge is 2.42. The highest BCUT2D eigenvalue weighted by molar-refractivity contribution is 7.09. The maximum atomic E-state index is 12.4. The molecule has 2 rings (SSSR count). The maximum absolute atomic E-state index is 12.4. The summed E-state index contributed by atoms with van der Waals surface area (Å²) in [6.45, 7) is 5.50. The van der Waals surface area contributed by atoms with E-state index in [-0.39, 0.29) is 0 Å². The number of carbonyl (C=O) groups is 3. The number of aryl methyl sites for hydroxylation is 1. The van der Waals surface area contributed by atoms with Crippen LogP contribution in [0, 0.1) is 12.8 Å². The fourth-order valence-electron chi connectivity index (χ4n) is 2.22. The van der Waals surface area contributed by atoms with Crippen molar-refractivity contribution in [3.8, 4) is 0 Å². The van der Waals surface area contributed by atoms with Crippen molar-refractivity contribution in [2.75, 3.05) is 0 Å². The van der Waals surface area contributed by atoms with E-state index in [0.717, 1.165) is 10.6 Å². The minimum atomic E-state index is -0.777. The van der Waals surface area contributed by atoms with Crippen LogP contribution >= 0.6 is 11.3 Å². The third kappa shape index (κ3) is 2.58. The average molecular weight is 295 g/mol. The number of amides is 4. The number of nitrogens with one attached hydrogen (secondary N) is 1. The Hall–Kier alpha value is -1.76. The highest BCUT2D eigenvalue weighted by atomic mass is 32.1. The molecule has 6 nitrogen and oxygen atoms in total. The summed E-state index contributed by atoms with van der Waals surface area (Å²) in [7, 11) is 0. The van der Waals surface area contributed by atoms with Crippen LogP contribution in [0.25, 0.3) is 0 Å². The molecule has 0 aliphatic carbocycles.